The first kappa shape index (κ1) is 17.1. The molecule has 128 valence electrons. The molecule has 0 bridgehead atoms. The van der Waals surface area contributed by atoms with Gasteiger partial charge in [-0.05, 0) is 18.2 Å². The Balaban J connectivity index is 1.94. The van der Waals surface area contributed by atoms with E-state index in [1.165, 1.54) is 18.2 Å². The summed E-state index contributed by atoms with van der Waals surface area (Å²) < 4.78 is 0. The average Bonchev–Trinajstić information content (AvgIpc) is 2.68. The van der Waals surface area contributed by atoms with Crippen molar-refractivity contribution in [1.82, 2.24) is 0 Å². The minimum Gasteiger partial charge on any atom is -0.545 e. The molecule has 0 fully saturated rings. The fraction of sp³-hybridized carbons (Fsp3) is 0. The fourth-order valence-electron chi connectivity index (χ4n) is 2.58. The second kappa shape index (κ2) is 7.44. The van der Waals surface area contributed by atoms with Crippen LogP contribution >= 0.6 is 0 Å². The molecule has 5 heteroatoms. The number of carboxylic acid groups (broad SMARTS) is 1. The number of carboxylic acids is 1. The fourth-order valence-corrected chi connectivity index (χ4v) is 2.58. The van der Waals surface area contributed by atoms with Crippen LogP contribution in [0.4, 0.5) is 5.69 Å². The number of nitrogens with one attached hydrogen (secondary N) is 1. The van der Waals surface area contributed by atoms with Gasteiger partial charge in [0.25, 0.3) is 5.91 Å². The molecule has 0 heterocycles. The van der Waals surface area contributed by atoms with Crippen LogP contribution in [0.25, 0.3) is 0 Å². The van der Waals surface area contributed by atoms with Gasteiger partial charge in [-0.1, -0.05) is 60.7 Å². The molecule has 0 saturated heterocycles. The van der Waals surface area contributed by atoms with Crippen molar-refractivity contribution in [2.75, 3.05) is 5.32 Å². The largest absolute Gasteiger partial charge is 0.545 e. The van der Waals surface area contributed by atoms with Crippen molar-refractivity contribution in [2.45, 2.75) is 0 Å². The van der Waals surface area contributed by atoms with Crippen molar-refractivity contribution in [3.63, 3.8) is 0 Å². The first-order valence-corrected chi connectivity index (χ1v) is 7.88. The molecule has 0 aliphatic rings. The molecule has 1 amide bonds. The smallest absolute Gasteiger partial charge is 0.256 e. The molecule has 0 spiro atoms. The van der Waals surface area contributed by atoms with E-state index < -0.39 is 11.9 Å². The van der Waals surface area contributed by atoms with Crippen LogP contribution in [0.3, 0.4) is 0 Å². The van der Waals surface area contributed by atoms with Crippen molar-refractivity contribution in [2.24, 2.45) is 0 Å². The van der Waals surface area contributed by atoms with Crippen LogP contribution in [0.2, 0.25) is 0 Å². The van der Waals surface area contributed by atoms with E-state index in [9.17, 15) is 19.5 Å². The monoisotopic (exact) mass is 344 g/mol. The molecule has 5 nitrogen and oxygen atoms in total. The van der Waals surface area contributed by atoms with Crippen LogP contribution in [-0.2, 0) is 0 Å². The third kappa shape index (κ3) is 3.52. The topological polar surface area (TPSA) is 86.3 Å². The van der Waals surface area contributed by atoms with Crippen molar-refractivity contribution in [3.8, 4) is 0 Å². The van der Waals surface area contributed by atoms with E-state index in [-0.39, 0.29) is 16.9 Å². The molecule has 0 radical (unpaired) electrons. The summed E-state index contributed by atoms with van der Waals surface area (Å²) in [6.45, 7) is 0. The van der Waals surface area contributed by atoms with E-state index in [0.29, 0.717) is 16.8 Å². The molecule has 0 saturated carbocycles. The maximum absolute atomic E-state index is 12.7. The van der Waals surface area contributed by atoms with E-state index in [1.54, 1.807) is 60.7 Å². The van der Waals surface area contributed by atoms with E-state index >= 15 is 0 Å². The van der Waals surface area contributed by atoms with Gasteiger partial charge >= 0.3 is 0 Å². The minimum absolute atomic E-state index is 0.0329. The lowest BCUT2D eigenvalue weighted by Gasteiger charge is -2.13. The number of para-hydroxylation sites is 1. The van der Waals surface area contributed by atoms with Gasteiger partial charge in [0.1, 0.15) is 0 Å². The Morgan fingerprint density at radius 1 is 0.654 bits per heavy atom. The summed E-state index contributed by atoms with van der Waals surface area (Å²) in [6.07, 6.45) is 0. The molecule has 3 aromatic rings. The number of carbonyl (C=O) groups excluding carboxylic acids is 3. The Hall–Kier alpha value is -3.73. The molecular formula is C21H14NO4-. The highest BCUT2D eigenvalue weighted by atomic mass is 16.4. The Bertz CT molecular complexity index is 980. The number of aromatic carboxylic acids is 1. The van der Waals surface area contributed by atoms with Gasteiger partial charge in [-0.25, -0.2) is 0 Å². The molecule has 26 heavy (non-hydrogen) atoms. The number of benzene rings is 3. The van der Waals surface area contributed by atoms with Gasteiger partial charge in [0.05, 0.1) is 11.7 Å². The highest BCUT2D eigenvalue weighted by molar-refractivity contribution is 6.16. The molecule has 0 aliphatic heterocycles. The van der Waals surface area contributed by atoms with Crippen molar-refractivity contribution < 1.29 is 19.5 Å². The SMILES string of the molecule is O=C(c1ccccc1)c1ccccc1NC(=O)c1ccccc1C(=O)[O-]. The van der Waals surface area contributed by atoms with Crippen molar-refractivity contribution in [3.05, 3.63) is 101 Å². The van der Waals surface area contributed by atoms with Gasteiger partial charge in [-0.3, -0.25) is 9.59 Å². The third-order valence-corrected chi connectivity index (χ3v) is 3.85. The van der Waals surface area contributed by atoms with E-state index in [1.807, 2.05) is 0 Å². The zero-order valence-electron chi connectivity index (χ0n) is 13.6. The zero-order chi connectivity index (χ0) is 18.5. The maximum atomic E-state index is 12.7. The molecule has 0 atom stereocenters. The van der Waals surface area contributed by atoms with Crippen LogP contribution in [0.5, 0.6) is 0 Å². The van der Waals surface area contributed by atoms with Gasteiger partial charge < -0.3 is 15.2 Å². The Kier molecular flexibility index (Phi) is 4.90. The molecule has 0 aliphatic carbocycles. The normalized spacial score (nSPS) is 10.2. The van der Waals surface area contributed by atoms with Gasteiger partial charge in [0.15, 0.2) is 5.78 Å². The van der Waals surface area contributed by atoms with Crippen LogP contribution in [0, 0.1) is 0 Å². The highest BCUT2D eigenvalue weighted by Crippen LogP contribution is 2.21. The van der Waals surface area contributed by atoms with Gasteiger partial charge in [0, 0.05) is 22.3 Å². The van der Waals surface area contributed by atoms with Gasteiger partial charge in [-0.15, -0.1) is 0 Å². The van der Waals surface area contributed by atoms with Crippen molar-refractivity contribution in [1.29, 1.82) is 0 Å². The number of ketones is 1. The Morgan fingerprint density at radius 3 is 1.85 bits per heavy atom. The second-order valence-electron chi connectivity index (χ2n) is 5.53. The minimum atomic E-state index is -1.44. The molecule has 3 aromatic carbocycles. The lowest BCUT2D eigenvalue weighted by Crippen LogP contribution is -2.26. The summed E-state index contributed by atoms with van der Waals surface area (Å²) in [6, 6.07) is 21.0. The van der Waals surface area contributed by atoms with E-state index in [2.05, 4.69) is 5.32 Å². The quantitative estimate of drug-likeness (QED) is 0.721. The van der Waals surface area contributed by atoms with Gasteiger partial charge in [0.2, 0.25) is 0 Å². The summed E-state index contributed by atoms with van der Waals surface area (Å²) in [5.74, 6) is -2.31. The third-order valence-electron chi connectivity index (χ3n) is 3.85. The number of anilines is 1. The maximum Gasteiger partial charge on any atom is 0.256 e. The Labute approximate surface area is 149 Å². The van der Waals surface area contributed by atoms with Crippen LogP contribution in [0.15, 0.2) is 78.9 Å². The van der Waals surface area contributed by atoms with Crippen LogP contribution in [-0.4, -0.2) is 17.7 Å². The van der Waals surface area contributed by atoms with Crippen molar-refractivity contribution >= 4 is 23.3 Å². The molecule has 3 rings (SSSR count). The first-order chi connectivity index (χ1) is 12.6. The Morgan fingerprint density at radius 2 is 1.19 bits per heavy atom. The molecular weight excluding hydrogens is 330 g/mol. The zero-order valence-corrected chi connectivity index (χ0v) is 13.6. The highest BCUT2D eigenvalue weighted by Gasteiger charge is 2.17. The van der Waals surface area contributed by atoms with E-state index in [4.69, 9.17) is 0 Å². The number of hydrogen-bond acceptors (Lipinski definition) is 4. The molecule has 1 N–H and O–H groups in total. The average molecular weight is 344 g/mol. The number of hydrogen-bond donors (Lipinski definition) is 1. The van der Waals surface area contributed by atoms with E-state index in [0.717, 1.165) is 0 Å². The predicted molar refractivity (Wildman–Crippen MR) is 95.0 cm³/mol. The number of amides is 1. The van der Waals surface area contributed by atoms with Crippen LogP contribution < -0.4 is 10.4 Å². The van der Waals surface area contributed by atoms with Crippen LogP contribution in [0.1, 0.15) is 36.6 Å². The molecule has 0 unspecified atom stereocenters. The first-order valence-electron chi connectivity index (χ1n) is 7.88. The second-order valence-corrected chi connectivity index (χ2v) is 5.53. The summed E-state index contributed by atoms with van der Waals surface area (Å²) in [7, 11) is 0. The molecule has 0 aromatic heterocycles. The summed E-state index contributed by atoms with van der Waals surface area (Å²) >= 11 is 0. The summed E-state index contributed by atoms with van der Waals surface area (Å²) in [5, 5.41) is 13.8. The summed E-state index contributed by atoms with van der Waals surface area (Å²) in [4.78, 5) is 36.4. The van der Waals surface area contributed by atoms with Gasteiger partial charge in [-0.2, -0.15) is 0 Å². The number of rotatable bonds is 5. The lowest BCUT2D eigenvalue weighted by atomic mass is 10.0. The summed E-state index contributed by atoms with van der Waals surface area (Å²) in [5.41, 5.74) is 0.869. The number of carbonyl (C=O) groups is 3. The standard InChI is InChI=1S/C21H15NO4/c23-19(14-8-2-1-3-9-14)17-12-6-7-13-18(17)22-20(24)15-10-4-5-11-16(15)21(25)26/h1-13H,(H,22,24)(H,25,26)/p-1. The lowest BCUT2D eigenvalue weighted by molar-refractivity contribution is -0.255. The predicted octanol–water partition coefficient (Wildman–Crippen LogP) is 2.53.